The summed E-state index contributed by atoms with van der Waals surface area (Å²) in [7, 11) is 3.41. The highest BCUT2D eigenvalue weighted by Gasteiger charge is 2.28. The van der Waals surface area contributed by atoms with Crippen molar-refractivity contribution >= 4 is 30.2 Å². The summed E-state index contributed by atoms with van der Waals surface area (Å²) in [5.41, 5.74) is -0.689. The van der Waals surface area contributed by atoms with Gasteiger partial charge in [-0.2, -0.15) is 0 Å². The first-order valence-corrected chi connectivity index (χ1v) is 10.2. The van der Waals surface area contributed by atoms with Crippen molar-refractivity contribution in [2.75, 3.05) is 27.9 Å². The van der Waals surface area contributed by atoms with E-state index in [4.69, 9.17) is 40.9 Å². The zero-order chi connectivity index (χ0) is 26.8. The molecular weight excluding hydrogens is 492 g/mol. The van der Waals surface area contributed by atoms with Crippen LogP contribution in [0.4, 0.5) is 4.79 Å². The van der Waals surface area contributed by atoms with E-state index < -0.39 is 29.6 Å². The minimum atomic E-state index is -1.25. The molecule has 0 amide bonds. The van der Waals surface area contributed by atoms with E-state index in [1.54, 1.807) is 24.3 Å². The van der Waals surface area contributed by atoms with Crippen molar-refractivity contribution in [1.82, 2.24) is 9.55 Å². The summed E-state index contributed by atoms with van der Waals surface area (Å²) in [5.74, 6) is -0.520. The molecule has 1 saturated heterocycles. The van der Waals surface area contributed by atoms with Crippen molar-refractivity contribution in [3.63, 3.8) is 0 Å². The van der Waals surface area contributed by atoms with Crippen molar-refractivity contribution in [3.8, 4) is 0 Å². The molecule has 3 N–H and O–H groups in total. The number of hydrogen-bond acceptors (Lipinski definition) is 10. The van der Waals surface area contributed by atoms with Crippen LogP contribution in [-0.4, -0.2) is 72.4 Å². The van der Waals surface area contributed by atoms with E-state index in [-0.39, 0.29) is 12.7 Å². The zero-order valence-corrected chi connectivity index (χ0v) is 20.0. The Hall–Kier alpha value is -3.68. The number of esters is 1. The highest BCUT2D eigenvalue weighted by molar-refractivity contribution is 6.33. The van der Waals surface area contributed by atoms with Crippen LogP contribution in [0.3, 0.4) is 0 Å². The van der Waals surface area contributed by atoms with Crippen molar-refractivity contribution in [3.05, 3.63) is 68.0 Å². The number of halogens is 1. The van der Waals surface area contributed by atoms with Crippen molar-refractivity contribution < 1.29 is 43.5 Å². The molecule has 0 saturated carbocycles. The molecule has 13 nitrogen and oxygen atoms in total. The monoisotopic (exact) mass is 518 g/mol. The summed E-state index contributed by atoms with van der Waals surface area (Å²) < 4.78 is 19.8. The van der Waals surface area contributed by atoms with Crippen LogP contribution in [0.25, 0.3) is 0 Å². The maximum absolute atomic E-state index is 12.0. The van der Waals surface area contributed by atoms with Crippen LogP contribution in [0, 0.1) is 0 Å². The van der Waals surface area contributed by atoms with E-state index in [1.165, 1.54) is 23.9 Å². The summed E-state index contributed by atoms with van der Waals surface area (Å²) in [4.78, 5) is 55.1. The first-order chi connectivity index (χ1) is 16.7. The molecule has 14 heteroatoms. The SMILES string of the molecule is CO.COC(=O)O.COC=O.O=C(OCC1CCC(n2ccc(=O)[nH]c2=O)O1)c1ccccc1Cl. The molecule has 194 valence electrons. The number of hydrogen-bond donors (Lipinski definition) is 3. The Morgan fingerprint density at radius 3 is 2.31 bits per heavy atom. The number of H-pyrrole nitrogens is 1. The Bertz CT molecular complexity index is 1040. The van der Waals surface area contributed by atoms with Gasteiger partial charge in [-0.15, -0.1) is 0 Å². The van der Waals surface area contributed by atoms with Gasteiger partial charge in [-0.3, -0.25) is 19.1 Å². The van der Waals surface area contributed by atoms with Crippen LogP contribution in [0.1, 0.15) is 29.4 Å². The number of aliphatic hydroxyl groups excluding tert-OH is 1. The normalized spacial score (nSPS) is 15.5. The zero-order valence-electron chi connectivity index (χ0n) is 19.2. The Labute approximate surface area is 204 Å². The van der Waals surface area contributed by atoms with Crippen molar-refractivity contribution in [1.29, 1.82) is 0 Å². The molecule has 1 aliphatic heterocycles. The largest absolute Gasteiger partial charge is 0.505 e. The maximum Gasteiger partial charge on any atom is 0.505 e. The van der Waals surface area contributed by atoms with Gasteiger partial charge in [0.2, 0.25) is 0 Å². The standard InChI is InChI=1S/C16H15ClN2O5.C2H4O3.C2H4O2.CH4O/c17-12-4-2-1-3-11(12)15(21)23-9-10-5-6-14(24-10)19-8-7-13(20)18-16(19)22;1-5-2(3)4;1-4-2-3;1-2/h1-4,7-8,10,14H,5-6,9H2,(H,18,20,22);1H3,(H,3,4);2H,1H3;2H,1H3. The summed E-state index contributed by atoms with van der Waals surface area (Å²) in [5, 5.41) is 14.8. The Morgan fingerprint density at radius 1 is 1.20 bits per heavy atom. The van der Waals surface area contributed by atoms with Gasteiger partial charge < -0.3 is 29.2 Å². The van der Waals surface area contributed by atoms with Crippen LogP contribution in [0.2, 0.25) is 5.02 Å². The van der Waals surface area contributed by atoms with Gasteiger partial charge in [0.1, 0.15) is 12.8 Å². The number of aliphatic hydroxyl groups is 1. The van der Waals surface area contributed by atoms with Gasteiger partial charge in [-0.25, -0.2) is 14.4 Å². The van der Waals surface area contributed by atoms with Crippen LogP contribution < -0.4 is 11.2 Å². The highest BCUT2D eigenvalue weighted by Crippen LogP contribution is 2.27. The third kappa shape index (κ3) is 11.8. The first-order valence-electron chi connectivity index (χ1n) is 9.80. The molecule has 0 spiro atoms. The second kappa shape index (κ2) is 17.8. The molecule has 2 aromatic rings. The van der Waals surface area contributed by atoms with Crippen LogP contribution >= 0.6 is 11.6 Å². The van der Waals surface area contributed by atoms with E-state index in [9.17, 15) is 14.4 Å². The number of aromatic amines is 1. The van der Waals surface area contributed by atoms with Gasteiger partial charge in [0.25, 0.3) is 12.0 Å². The molecule has 1 aliphatic rings. The molecule has 0 bridgehead atoms. The van der Waals surface area contributed by atoms with Gasteiger partial charge in [-0.05, 0) is 25.0 Å². The van der Waals surface area contributed by atoms with Gasteiger partial charge in [0.05, 0.1) is 30.9 Å². The number of ether oxygens (including phenoxy) is 4. The predicted octanol–water partition coefficient (Wildman–Crippen LogP) is 1.43. The molecule has 1 aromatic carbocycles. The Morgan fingerprint density at radius 2 is 1.80 bits per heavy atom. The number of carbonyl (C=O) groups excluding carboxylic acids is 2. The van der Waals surface area contributed by atoms with E-state index >= 15 is 0 Å². The third-order valence-corrected chi connectivity index (χ3v) is 4.34. The minimum absolute atomic E-state index is 0.0681. The lowest BCUT2D eigenvalue weighted by atomic mass is 10.2. The predicted molar refractivity (Wildman–Crippen MR) is 122 cm³/mol. The fourth-order valence-electron chi connectivity index (χ4n) is 2.54. The van der Waals surface area contributed by atoms with Gasteiger partial charge in [0.15, 0.2) is 0 Å². The van der Waals surface area contributed by atoms with Crippen LogP contribution in [0.15, 0.2) is 46.1 Å². The third-order valence-electron chi connectivity index (χ3n) is 4.01. The average Bonchev–Trinajstić information content (AvgIpc) is 3.33. The average molecular weight is 519 g/mol. The van der Waals surface area contributed by atoms with Crippen LogP contribution in [-0.2, 0) is 23.7 Å². The summed E-state index contributed by atoms with van der Waals surface area (Å²) in [6.07, 6.45) is 0.555. The number of carbonyl (C=O) groups is 3. The Balaban J connectivity index is 0.000000892. The molecule has 35 heavy (non-hydrogen) atoms. The summed E-state index contributed by atoms with van der Waals surface area (Å²) in [6.45, 7) is 0.443. The molecule has 0 aliphatic carbocycles. The maximum atomic E-state index is 12.0. The molecule has 1 fully saturated rings. The number of aromatic nitrogens is 2. The second-order valence-corrected chi connectivity index (χ2v) is 6.59. The Kier molecular flexibility index (Phi) is 15.9. The minimum Gasteiger partial charge on any atom is -0.471 e. The molecular formula is C21H27ClN2O11. The summed E-state index contributed by atoms with van der Waals surface area (Å²) >= 11 is 5.95. The van der Waals surface area contributed by atoms with E-state index in [2.05, 4.69) is 14.5 Å². The lowest BCUT2D eigenvalue weighted by Crippen LogP contribution is -2.31. The van der Waals surface area contributed by atoms with E-state index in [1.807, 2.05) is 0 Å². The molecule has 2 atom stereocenters. The number of nitrogens with zero attached hydrogens (tertiary/aromatic N) is 1. The lowest BCUT2D eigenvalue weighted by Gasteiger charge is -2.15. The van der Waals surface area contributed by atoms with E-state index in [0.717, 1.165) is 14.2 Å². The number of methoxy groups -OCH3 is 2. The lowest BCUT2D eigenvalue weighted by molar-refractivity contribution is -0.126. The number of rotatable bonds is 5. The molecule has 1 aromatic heterocycles. The number of benzene rings is 1. The fraction of sp³-hybridized carbons (Fsp3) is 0.381. The van der Waals surface area contributed by atoms with Gasteiger partial charge >= 0.3 is 17.8 Å². The fourth-order valence-corrected chi connectivity index (χ4v) is 2.75. The second-order valence-electron chi connectivity index (χ2n) is 6.19. The quantitative estimate of drug-likeness (QED) is 0.295. The van der Waals surface area contributed by atoms with Gasteiger partial charge in [-0.1, -0.05) is 23.7 Å². The van der Waals surface area contributed by atoms with Crippen molar-refractivity contribution in [2.45, 2.75) is 25.2 Å². The van der Waals surface area contributed by atoms with Crippen molar-refractivity contribution in [2.24, 2.45) is 0 Å². The first kappa shape index (κ1) is 31.3. The van der Waals surface area contributed by atoms with Gasteiger partial charge in [0, 0.05) is 19.4 Å². The van der Waals surface area contributed by atoms with E-state index in [0.29, 0.717) is 29.9 Å². The number of carboxylic acid groups (broad SMARTS) is 1. The molecule has 3 rings (SSSR count). The topological polar surface area (TPSA) is 183 Å². The molecule has 2 unspecified atom stereocenters. The highest BCUT2D eigenvalue weighted by atomic mass is 35.5. The molecule has 2 heterocycles. The number of nitrogens with one attached hydrogen (secondary N) is 1. The van der Waals surface area contributed by atoms with Crippen LogP contribution in [0.5, 0.6) is 0 Å². The smallest absolute Gasteiger partial charge is 0.471 e. The molecule has 0 radical (unpaired) electrons. The summed E-state index contributed by atoms with van der Waals surface area (Å²) in [6, 6.07) is 7.89.